The zero-order valence-corrected chi connectivity index (χ0v) is 8.40. The van der Waals surface area contributed by atoms with E-state index in [1.807, 2.05) is 0 Å². The Morgan fingerprint density at radius 1 is 1.33 bits per heavy atom. The highest BCUT2D eigenvalue weighted by atomic mass is 32.1. The van der Waals surface area contributed by atoms with Gasteiger partial charge in [-0.3, -0.25) is 10.1 Å². The van der Waals surface area contributed by atoms with Crippen LogP contribution in [0.3, 0.4) is 0 Å². The van der Waals surface area contributed by atoms with Crippen molar-refractivity contribution in [1.82, 2.24) is 8.75 Å². The molecule has 0 amide bonds. The maximum absolute atomic E-state index is 10.7. The van der Waals surface area contributed by atoms with E-state index in [0.717, 1.165) is 30.5 Å². The lowest BCUT2D eigenvalue weighted by Crippen LogP contribution is -1.95. The Morgan fingerprint density at radius 3 is 2.73 bits per heavy atom. The number of nitro groups is 1. The fraction of sp³-hybridized carbons (Fsp3) is 0.250. The van der Waals surface area contributed by atoms with E-state index in [1.54, 1.807) is 6.07 Å². The highest BCUT2D eigenvalue weighted by Crippen LogP contribution is 2.34. The molecule has 0 spiro atoms. The standard InChI is InChI=1S/C8H6N4O2S/c13-12(14)6-2-1-5(11-3-4-11)7-8(6)10-15-9-7/h1-2H,3-4H2. The van der Waals surface area contributed by atoms with Gasteiger partial charge >= 0.3 is 0 Å². The summed E-state index contributed by atoms with van der Waals surface area (Å²) in [6.45, 7) is 1.98. The van der Waals surface area contributed by atoms with Crippen LogP contribution >= 0.6 is 11.7 Å². The number of anilines is 1. The number of fused-ring (bicyclic) bond motifs is 1. The number of nitro benzene ring substituents is 1. The molecule has 15 heavy (non-hydrogen) atoms. The second-order valence-corrected chi connectivity index (χ2v) is 3.84. The number of hydrogen-bond donors (Lipinski definition) is 0. The molecule has 0 saturated carbocycles. The van der Waals surface area contributed by atoms with Gasteiger partial charge in [0, 0.05) is 19.2 Å². The molecule has 0 unspecified atom stereocenters. The number of rotatable bonds is 2. The molecule has 1 aromatic carbocycles. The number of non-ortho nitro benzene ring substituents is 1. The summed E-state index contributed by atoms with van der Waals surface area (Å²) < 4.78 is 8.08. The number of hydrogen-bond acceptors (Lipinski definition) is 6. The van der Waals surface area contributed by atoms with Crippen molar-refractivity contribution >= 4 is 34.1 Å². The first kappa shape index (κ1) is 8.54. The molecule has 0 aliphatic carbocycles. The second kappa shape index (κ2) is 2.86. The Hall–Kier alpha value is -1.76. The lowest BCUT2D eigenvalue weighted by molar-refractivity contribution is -0.383. The fourth-order valence-electron chi connectivity index (χ4n) is 1.53. The quantitative estimate of drug-likeness (QED) is 0.436. The Bertz CT molecular complexity index is 549. The molecule has 1 aliphatic heterocycles. The van der Waals surface area contributed by atoms with Gasteiger partial charge in [-0.15, -0.1) is 0 Å². The van der Waals surface area contributed by atoms with Crippen molar-refractivity contribution < 1.29 is 4.92 Å². The molecular weight excluding hydrogens is 216 g/mol. The minimum Gasteiger partial charge on any atom is -0.366 e. The van der Waals surface area contributed by atoms with E-state index in [0.29, 0.717) is 11.0 Å². The van der Waals surface area contributed by atoms with Crippen LogP contribution in [0.15, 0.2) is 12.1 Å². The van der Waals surface area contributed by atoms with Gasteiger partial charge < -0.3 is 4.90 Å². The van der Waals surface area contributed by atoms with Crippen LogP contribution < -0.4 is 4.90 Å². The molecule has 6 nitrogen and oxygen atoms in total. The van der Waals surface area contributed by atoms with E-state index in [1.165, 1.54) is 6.07 Å². The van der Waals surface area contributed by atoms with E-state index in [4.69, 9.17) is 0 Å². The van der Waals surface area contributed by atoms with Crippen molar-refractivity contribution in [1.29, 1.82) is 0 Å². The van der Waals surface area contributed by atoms with Crippen LogP contribution in [-0.2, 0) is 0 Å². The zero-order chi connectivity index (χ0) is 10.4. The highest BCUT2D eigenvalue weighted by molar-refractivity contribution is 7.00. The van der Waals surface area contributed by atoms with Crippen LogP contribution in [0.4, 0.5) is 11.4 Å². The van der Waals surface area contributed by atoms with Crippen molar-refractivity contribution in [2.45, 2.75) is 0 Å². The molecule has 76 valence electrons. The van der Waals surface area contributed by atoms with Gasteiger partial charge in [-0.1, -0.05) is 0 Å². The largest absolute Gasteiger partial charge is 0.366 e. The fourth-order valence-corrected chi connectivity index (χ4v) is 2.10. The van der Waals surface area contributed by atoms with Gasteiger partial charge in [-0.05, 0) is 6.07 Å². The van der Waals surface area contributed by atoms with Crippen LogP contribution in [0.25, 0.3) is 11.0 Å². The van der Waals surface area contributed by atoms with E-state index < -0.39 is 4.92 Å². The van der Waals surface area contributed by atoms with Crippen LogP contribution in [0.5, 0.6) is 0 Å². The van der Waals surface area contributed by atoms with Gasteiger partial charge in [0.05, 0.1) is 22.3 Å². The minimum absolute atomic E-state index is 0.0318. The average molecular weight is 222 g/mol. The summed E-state index contributed by atoms with van der Waals surface area (Å²) >= 11 is 1.01. The third-order valence-electron chi connectivity index (χ3n) is 2.36. The molecule has 1 saturated heterocycles. The van der Waals surface area contributed by atoms with Crippen molar-refractivity contribution in [3.05, 3.63) is 22.2 Å². The number of benzene rings is 1. The third-order valence-corrected chi connectivity index (χ3v) is 2.89. The van der Waals surface area contributed by atoms with E-state index in [2.05, 4.69) is 13.6 Å². The van der Waals surface area contributed by atoms with Crippen molar-refractivity contribution in [2.24, 2.45) is 0 Å². The van der Waals surface area contributed by atoms with Gasteiger partial charge in [0.2, 0.25) is 0 Å². The number of nitrogens with zero attached hydrogens (tertiary/aromatic N) is 4. The summed E-state index contributed by atoms with van der Waals surface area (Å²) in [5, 5.41) is 10.7. The van der Waals surface area contributed by atoms with Crippen molar-refractivity contribution in [3.8, 4) is 0 Å². The van der Waals surface area contributed by atoms with Crippen molar-refractivity contribution in [3.63, 3.8) is 0 Å². The van der Waals surface area contributed by atoms with Gasteiger partial charge in [-0.2, -0.15) is 8.75 Å². The maximum atomic E-state index is 10.7. The molecule has 1 fully saturated rings. The lowest BCUT2D eigenvalue weighted by Gasteiger charge is -2.02. The Morgan fingerprint density at radius 2 is 2.07 bits per heavy atom. The Kier molecular flexibility index (Phi) is 1.63. The summed E-state index contributed by atoms with van der Waals surface area (Å²) in [5.74, 6) is 0. The second-order valence-electron chi connectivity index (χ2n) is 3.31. The predicted molar refractivity (Wildman–Crippen MR) is 56.3 cm³/mol. The average Bonchev–Trinajstić information content (AvgIpc) is 2.93. The summed E-state index contributed by atoms with van der Waals surface area (Å²) in [4.78, 5) is 12.4. The first-order valence-corrected chi connectivity index (χ1v) is 5.15. The molecule has 3 rings (SSSR count). The van der Waals surface area contributed by atoms with Gasteiger partial charge in [-0.25, -0.2) is 0 Å². The molecule has 2 aromatic rings. The number of aromatic nitrogens is 2. The van der Waals surface area contributed by atoms with E-state index >= 15 is 0 Å². The topological polar surface area (TPSA) is 71.9 Å². The van der Waals surface area contributed by atoms with E-state index in [-0.39, 0.29) is 5.69 Å². The SMILES string of the molecule is O=[N+]([O-])c1ccc(N2CC2)c2nsnc12. The Balaban J connectivity index is 2.29. The molecule has 1 aliphatic rings. The summed E-state index contributed by atoms with van der Waals surface area (Å²) in [7, 11) is 0. The third kappa shape index (κ3) is 1.23. The molecule has 7 heteroatoms. The first-order valence-electron chi connectivity index (χ1n) is 4.42. The predicted octanol–water partition coefficient (Wildman–Crippen LogP) is 1.42. The Labute approximate surface area is 88.6 Å². The van der Waals surface area contributed by atoms with Crippen LogP contribution in [0, 0.1) is 10.1 Å². The van der Waals surface area contributed by atoms with Gasteiger partial charge in [0.15, 0.2) is 5.52 Å². The van der Waals surface area contributed by atoms with E-state index in [9.17, 15) is 10.1 Å². The molecule has 0 bridgehead atoms. The molecule has 1 aromatic heterocycles. The smallest absolute Gasteiger partial charge is 0.298 e. The van der Waals surface area contributed by atoms with Crippen molar-refractivity contribution in [2.75, 3.05) is 18.0 Å². The monoisotopic (exact) mass is 222 g/mol. The van der Waals surface area contributed by atoms with Gasteiger partial charge in [0.25, 0.3) is 5.69 Å². The summed E-state index contributed by atoms with van der Waals surface area (Å²) in [5.41, 5.74) is 2.02. The minimum atomic E-state index is -0.421. The first-order chi connectivity index (χ1) is 7.27. The normalized spacial score (nSPS) is 14.5. The van der Waals surface area contributed by atoms with Crippen LogP contribution in [-0.4, -0.2) is 26.8 Å². The molecule has 0 N–H and O–H groups in total. The van der Waals surface area contributed by atoms with Crippen LogP contribution in [0.1, 0.15) is 0 Å². The zero-order valence-electron chi connectivity index (χ0n) is 7.58. The maximum Gasteiger partial charge on any atom is 0.298 e. The summed E-state index contributed by atoms with van der Waals surface area (Å²) in [6, 6.07) is 3.24. The highest BCUT2D eigenvalue weighted by Gasteiger charge is 2.25. The molecule has 2 heterocycles. The van der Waals surface area contributed by atoms with Crippen LogP contribution in [0.2, 0.25) is 0 Å². The summed E-state index contributed by atoms with van der Waals surface area (Å²) in [6.07, 6.45) is 0. The lowest BCUT2D eigenvalue weighted by atomic mass is 10.2. The molecular formula is C8H6N4O2S. The molecule has 0 atom stereocenters. The molecule has 0 radical (unpaired) electrons. The van der Waals surface area contributed by atoms with Gasteiger partial charge in [0.1, 0.15) is 5.52 Å².